The first-order valence-corrected chi connectivity index (χ1v) is 9.19. The van der Waals surface area contributed by atoms with Gasteiger partial charge >= 0.3 is 7.12 Å². The Morgan fingerprint density at radius 1 is 1.00 bits per heavy atom. The van der Waals surface area contributed by atoms with Crippen molar-refractivity contribution in [3.63, 3.8) is 0 Å². The first kappa shape index (κ1) is 19.6. The highest BCUT2D eigenvalue weighted by Crippen LogP contribution is 2.36. The van der Waals surface area contributed by atoms with Crippen LogP contribution in [0.4, 0.5) is 5.82 Å². The number of hydrogen-bond donors (Lipinski definition) is 0. The molecular weight excluding hydrogens is 341 g/mol. The number of aromatic nitrogens is 2. The van der Waals surface area contributed by atoms with Gasteiger partial charge in [-0.25, -0.2) is 9.97 Å². The number of hydrogen-bond acceptors (Lipinski definition) is 6. The van der Waals surface area contributed by atoms with Crippen LogP contribution in [0.1, 0.15) is 46.2 Å². The van der Waals surface area contributed by atoms with Crippen molar-refractivity contribution < 1.29 is 14.0 Å². The zero-order chi connectivity index (χ0) is 19.8. The number of rotatable bonds is 5. The van der Waals surface area contributed by atoms with Gasteiger partial charge in [0.15, 0.2) is 0 Å². The summed E-state index contributed by atoms with van der Waals surface area (Å²) in [6.45, 7) is 10.3. The van der Waals surface area contributed by atoms with E-state index in [1.807, 2.05) is 71.4 Å². The van der Waals surface area contributed by atoms with E-state index >= 15 is 0 Å². The molecule has 1 saturated heterocycles. The van der Waals surface area contributed by atoms with Crippen molar-refractivity contribution in [1.29, 1.82) is 0 Å². The van der Waals surface area contributed by atoms with Crippen LogP contribution in [0.2, 0.25) is 0 Å². The van der Waals surface area contributed by atoms with Crippen LogP contribution in [0.25, 0.3) is 0 Å². The lowest BCUT2D eigenvalue weighted by atomic mass is 9.80. The van der Waals surface area contributed by atoms with Gasteiger partial charge in [-0.2, -0.15) is 0 Å². The van der Waals surface area contributed by atoms with E-state index in [1.165, 1.54) is 0 Å². The summed E-state index contributed by atoms with van der Waals surface area (Å²) in [5.41, 5.74) is 1.30. The van der Waals surface area contributed by atoms with Crippen LogP contribution in [-0.2, 0) is 9.31 Å². The molecule has 2 aromatic rings. The predicted octanol–water partition coefficient (Wildman–Crippen LogP) is 2.98. The maximum absolute atomic E-state index is 6.09. The highest BCUT2D eigenvalue weighted by Gasteiger charge is 2.51. The minimum absolute atomic E-state index is 0.124. The summed E-state index contributed by atoms with van der Waals surface area (Å²) in [7, 11) is 3.24. The van der Waals surface area contributed by atoms with Gasteiger partial charge < -0.3 is 18.9 Å². The molecule has 0 aromatic carbocycles. The standard InChI is InChI=1S/C20H28BN3O3/c1-14(15-8-11-18(25-7)23-12-15)24(6)17-10-9-16(13-22-17)21-26-19(2,3)20(4,5)27-21/h8-14H,1-7H3. The molecule has 7 heteroatoms. The van der Waals surface area contributed by atoms with Gasteiger partial charge in [0.25, 0.3) is 0 Å². The molecule has 27 heavy (non-hydrogen) atoms. The van der Waals surface area contributed by atoms with Crippen molar-refractivity contribution in [2.45, 2.75) is 51.9 Å². The van der Waals surface area contributed by atoms with E-state index in [1.54, 1.807) is 7.11 Å². The molecule has 0 spiro atoms. The molecule has 0 radical (unpaired) electrons. The Morgan fingerprint density at radius 3 is 2.15 bits per heavy atom. The minimum Gasteiger partial charge on any atom is -0.481 e. The lowest BCUT2D eigenvalue weighted by molar-refractivity contribution is 0.00578. The molecule has 2 aromatic heterocycles. The maximum Gasteiger partial charge on any atom is 0.496 e. The van der Waals surface area contributed by atoms with Gasteiger partial charge in [-0.15, -0.1) is 0 Å². The Labute approximate surface area is 162 Å². The first-order valence-electron chi connectivity index (χ1n) is 9.19. The van der Waals surface area contributed by atoms with Crippen LogP contribution >= 0.6 is 0 Å². The Morgan fingerprint density at radius 2 is 1.67 bits per heavy atom. The Hall–Kier alpha value is -2.12. The second-order valence-corrected chi connectivity index (χ2v) is 7.96. The highest BCUT2D eigenvalue weighted by molar-refractivity contribution is 6.62. The summed E-state index contributed by atoms with van der Waals surface area (Å²) >= 11 is 0. The van der Waals surface area contributed by atoms with Gasteiger partial charge in [0.1, 0.15) is 5.82 Å². The van der Waals surface area contributed by atoms with Crippen LogP contribution in [0.3, 0.4) is 0 Å². The average Bonchev–Trinajstić information content (AvgIpc) is 2.88. The molecular formula is C20H28BN3O3. The monoisotopic (exact) mass is 369 g/mol. The highest BCUT2D eigenvalue weighted by atomic mass is 16.7. The predicted molar refractivity (Wildman–Crippen MR) is 108 cm³/mol. The fourth-order valence-corrected chi connectivity index (χ4v) is 2.91. The van der Waals surface area contributed by atoms with E-state index in [9.17, 15) is 0 Å². The molecule has 0 aliphatic carbocycles. The zero-order valence-corrected chi connectivity index (χ0v) is 17.2. The van der Waals surface area contributed by atoms with E-state index in [0.717, 1.165) is 16.8 Å². The topological polar surface area (TPSA) is 56.7 Å². The molecule has 0 bridgehead atoms. The molecule has 0 N–H and O–H groups in total. The van der Waals surface area contributed by atoms with Gasteiger partial charge in [0, 0.05) is 31.0 Å². The lowest BCUT2D eigenvalue weighted by Gasteiger charge is -2.32. The summed E-state index contributed by atoms with van der Waals surface area (Å²) in [4.78, 5) is 11.0. The van der Waals surface area contributed by atoms with Crippen LogP contribution in [0.5, 0.6) is 5.88 Å². The first-order chi connectivity index (χ1) is 12.6. The van der Waals surface area contributed by atoms with E-state index in [2.05, 4.69) is 21.8 Å². The number of methoxy groups -OCH3 is 1. The molecule has 1 atom stereocenters. The Bertz CT molecular complexity index is 762. The van der Waals surface area contributed by atoms with Crippen LogP contribution < -0.4 is 15.1 Å². The van der Waals surface area contributed by atoms with Gasteiger partial charge in [-0.05, 0) is 46.2 Å². The third-order valence-electron chi connectivity index (χ3n) is 5.69. The third kappa shape index (κ3) is 3.80. The van der Waals surface area contributed by atoms with Crippen LogP contribution in [-0.4, -0.2) is 42.4 Å². The second kappa shape index (κ2) is 7.13. The van der Waals surface area contributed by atoms with Crippen LogP contribution in [0.15, 0.2) is 36.7 Å². The third-order valence-corrected chi connectivity index (χ3v) is 5.69. The lowest BCUT2D eigenvalue weighted by Crippen LogP contribution is -2.41. The minimum atomic E-state index is -0.398. The van der Waals surface area contributed by atoms with Gasteiger partial charge in [0.05, 0.1) is 24.4 Å². The van der Waals surface area contributed by atoms with E-state index in [-0.39, 0.29) is 17.2 Å². The van der Waals surface area contributed by atoms with Crippen molar-refractivity contribution in [2.24, 2.45) is 0 Å². The summed E-state index contributed by atoms with van der Waals surface area (Å²) in [5.74, 6) is 1.48. The molecule has 3 heterocycles. The van der Waals surface area contributed by atoms with E-state index in [4.69, 9.17) is 14.0 Å². The molecule has 0 amide bonds. The fourth-order valence-electron chi connectivity index (χ4n) is 2.91. The molecule has 0 saturated carbocycles. The number of ether oxygens (including phenoxy) is 1. The fraction of sp³-hybridized carbons (Fsp3) is 0.500. The quantitative estimate of drug-likeness (QED) is 0.756. The number of nitrogens with zero attached hydrogens (tertiary/aromatic N) is 3. The normalized spacial score (nSPS) is 19.0. The number of pyridine rings is 2. The summed E-state index contributed by atoms with van der Waals surface area (Å²) in [5, 5.41) is 0. The summed E-state index contributed by atoms with van der Waals surface area (Å²) in [6.07, 6.45) is 3.66. The average molecular weight is 369 g/mol. The maximum atomic E-state index is 6.09. The van der Waals surface area contributed by atoms with Crippen LogP contribution in [0, 0.1) is 0 Å². The van der Waals surface area contributed by atoms with E-state index in [0.29, 0.717) is 5.88 Å². The second-order valence-electron chi connectivity index (χ2n) is 7.96. The molecule has 1 aliphatic heterocycles. The SMILES string of the molecule is COc1ccc(C(C)N(C)c2ccc(B3OC(C)(C)C(C)(C)O3)cn2)cn1. The van der Waals surface area contributed by atoms with Crippen molar-refractivity contribution >= 4 is 18.4 Å². The summed E-state index contributed by atoms with van der Waals surface area (Å²) in [6, 6.07) is 8.02. The molecule has 1 unspecified atom stereocenters. The summed E-state index contributed by atoms with van der Waals surface area (Å²) < 4.78 is 17.3. The number of anilines is 1. The molecule has 1 fully saturated rings. The smallest absolute Gasteiger partial charge is 0.481 e. The molecule has 1 aliphatic rings. The molecule has 144 valence electrons. The van der Waals surface area contributed by atoms with Crippen molar-refractivity contribution in [3.8, 4) is 5.88 Å². The van der Waals surface area contributed by atoms with Crippen molar-refractivity contribution in [3.05, 3.63) is 42.2 Å². The molecule has 3 rings (SSSR count). The van der Waals surface area contributed by atoms with Crippen molar-refractivity contribution in [2.75, 3.05) is 19.1 Å². The Kier molecular flexibility index (Phi) is 5.19. The molecule has 6 nitrogen and oxygen atoms in total. The largest absolute Gasteiger partial charge is 0.496 e. The Balaban J connectivity index is 1.73. The van der Waals surface area contributed by atoms with Gasteiger partial charge in [-0.3, -0.25) is 0 Å². The van der Waals surface area contributed by atoms with Crippen molar-refractivity contribution in [1.82, 2.24) is 9.97 Å². The van der Waals surface area contributed by atoms with Gasteiger partial charge in [-0.1, -0.05) is 12.1 Å². The zero-order valence-electron chi connectivity index (χ0n) is 17.2. The van der Waals surface area contributed by atoms with Gasteiger partial charge in [0.2, 0.25) is 5.88 Å². The van der Waals surface area contributed by atoms with E-state index < -0.39 is 7.12 Å².